The van der Waals surface area contributed by atoms with E-state index in [2.05, 4.69) is 5.32 Å². The summed E-state index contributed by atoms with van der Waals surface area (Å²) in [5.41, 5.74) is 2.40. The Morgan fingerprint density at radius 2 is 1.69 bits per heavy atom. The summed E-state index contributed by atoms with van der Waals surface area (Å²) < 4.78 is 32.6. The third kappa shape index (κ3) is 9.11. The van der Waals surface area contributed by atoms with Gasteiger partial charge in [0, 0.05) is 29.6 Å². The summed E-state index contributed by atoms with van der Waals surface area (Å²) in [7, 11) is -2.52. The zero-order valence-electron chi connectivity index (χ0n) is 24.4. The van der Waals surface area contributed by atoms with E-state index >= 15 is 0 Å². The summed E-state index contributed by atoms with van der Waals surface area (Å²) in [6.45, 7) is 5.56. The quantitative estimate of drug-likeness (QED) is 0.269. The Kier molecular flexibility index (Phi) is 11.7. The van der Waals surface area contributed by atoms with Crippen molar-refractivity contribution in [3.8, 4) is 5.75 Å². The largest absolute Gasteiger partial charge is 0.495 e. The highest BCUT2D eigenvalue weighted by Gasteiger charge is 2.34. The molecule has 0 aliphatic heterocycles. The van der Waals surface area contributed by atoms with E-state index in [1.54, 1.807) is 36.4 Å². The first-order valence-electron chi connectivity index (χ1n) is 13.5. The minimum Gasteiger partial charge on any atom is -0.495 e. The number of anilines is 1. The molecule has 42 heavy (non-hydrogen) atoms. The topological polar surface area (TPSA) is 96.0 Å². The van der Waals surface area contributed by atoms with Gasteiger partial charge in [-0.05, 0) is 53.8 Å². The molecule has 1 N–H and O–H groups in total. The van der Waals surface area contributed by atoms with Crippen molar-refractivity contribution in [2.75, 3.05) is 30.8 Å². The summed E-state index contributed by atoms with van der Waals surface area (Å²) in [6, 6.07) is 18.3. The Morgan fingerprint density at radius 1 is 1.00 bits per heavy atom. The third-order valence-corrected chi connectivity index (χ3v) is 8.31. The molecule has 0 bridgehead atoms. The maximum absolute atomic E-state index is 14.2. The van der Waals surface area contributed by atoms with Gasteiger partial charge in [0.1, 0.15) is 18.3 Å². The molecule has 1 atom stereocenters. The smallest absolute Gasteiger partial charge is 0.244 e. The monoisotopic (exact) mass is 633 g/mol. The number of carbonyl (C=O) groups excluding carboxylic acids is 2. The molecule has 0 radical (unpaired) electrons. The molecule has 0 saturated carbocycles. The molecule has 0 spiro atoms. The van der Waals surface area contributed by atoms with Crippen molar-refractivity contribution in [1.29, 1.82) is 0 Å². The molecule has 0 saturated heterocycles. The lowest BCUT2D eigenvalue weighted by molar-refractivity contribution is -0.140. The van der Waals surface area contributed by atoms with Crippen LogP contribution in [0, 0.1) is 12.8 Å². The fraction of sp³-hybridized carbons (Fsp3) is 0.355. The van der Waals surface area contributed by atoms with Crippen molar-refractivity contribution in [3.63, 3.8) is 0 Å². The van der Waals surface area contributed by atoms with Gasteiger partial charge < -0.3 is 15.0 Å². The fourth-order valence-electron chi connectivity index (χ4n) is 4.40. The zero-order valence-corrected chi connectivity index (χ0v) is 26.8. The Labute approximate surface area is 258 Å². The number of sulfonamides is 1. The van der Waals surface area contributed by atoms with Crippen LogP contribution in [-0.2, 0) is 32.6 Å². The van der Waals surface area contributed by atoms with Gasteiger partial charge in [-0.1, -0.05) is 79.5 Å². The number of methoxy groups -OCH3 is 1. The molecule has 0 heterocycles. The van der Waals surface area contributed by atoms with E-state index in [-0.39, 0.29) is 30.5 Å². The Bertz CT molecular complexity index is 1500. The highest BCUT2D eigenvalue weighted by molar-refractivity contribution is 7.92. The Morgan fingerprint density at radius 3 is 2.29 bits per heavy atom. The van der Waals surface area contributed by atoms with Crippen LogP contribution < -0.4 is 14.4 Å². The molecular formula is C31H37Cl2N3O5S. The predicted molar refractivity (Wildman–Crippen MR) is 169 cm³/mol. The molecule has 3 rings (SSSR count). The van der Waals surface area contributed by atoms with Crippen molar-refractivity contribution in [1.82, 2.24) is 10.2 Å². The minimum atomic E-state index is -3.95. The SMILES string of the molecule is COc1ccc(C)cc1N(CC(=O)N(Cc1ccc(Cl)cc1Cl)[C@H](Cc1ccccc1)C(=O)NCC(C)C)S(C)(=O)=O. The number of benzene rings is 3. The van der Waals surface area contributed by atoms with Crippen LogP contribution in [0.4, 0.5) is 5.69 Å². The first kappa shape index (κ1) is 33.2. The van der Waals surface area contributed by atoms with Crippen molar-refractivity contribution < 1.29 is 22.7 Å². The van der Waals surface area contributed by atoms with Gasteiger partial charge in [0.05, 0.1) is 19.1 Å². The van der Waals surface area contributed by atoms with E-state index in [0.717, 1.165) is 21.7 Å². The number of nitrogens with zero attached hydrogens (tertiary/aromatic N) is 2. The number of rotatable bonds is 13. The van der Waals surface area contributed by atoms with Gasteiger partial charge in [0.15, 0.2) is 0 Å². The van der Waals surface area contributed by atoms with Crippen LogP contribution in [-0.4, -0.2) is 57.6 Å². The van der Waals surface area contributed by atoms with Crippen LogP contribution in [0.2, 0.25) is 10.0 Å². The Balaban J connectivity index is 2.12. The second-order valence-corrected chi connectivity index (χ2v) is 13.3. The van der Waals surface area contributed by atoms with E-state index in [1.807, 2.05) is 51.1 Å². The van der Waals surface area contributed by atoms with Crippen molar-refractivity contribution in [2.24, 2.45) is 5.92 Å². The molecule has 3 aromatic carbocycles. The average molecular weight is 635 g/mol. The van der Waals surface area contributed by atoms with E-state index in [4.69, 9.17) is 27.9 Å². The van der Waals surface area contributed by atoms with Crippen LogP contribution in [0.15, 0.2) is 66.7 Å². The lowest BCUT2D eigenvalue weighted by Crippen LogP contribution is -2.53. The van der Waals surface area contributed by atoms with Gasteiger partial charge in [0.25, 0.3) is 0 Å². The van der Waals surface area contributed by atoms with Gasteiger partial charge >= 0.3 is 0 Å². The van der Waals surface area contributed by atoms with E-state index in [9.17, 15) is 18.0 Å². The second-order valence-electron chi connectivity index (χ2n) is 10.5. The average Bonchev–Trinajstić information content (AvgIpc) is 2.93. The molecule has 2 amide bonds. The van der Waals surface area contributed by atoms with Gasteiger partial charge in [-0.25, -0.2) is 8.42 Å². The highest BCUT2D eigenvalue weighted by atomic mass is 35.5. The number of carbonyl (C=O) groups is 2. The number of hydrogen-bond donors (Lipinski definition) is 1. The molecule has 0 unspecified atom stereocenters. The molecule has 0 fully saturated rings. The molecule has 226 valence electrons. The number of halogens is 2. The van der Waals surface area contributed by atoms with Crippen LogP contribution in [0.25, 0.3) is 0 Å². The summed E-state index contributed by atoms with van der Waals surface area (Å²) in [5.74, 6) is -0.474. The molecule has 11 heteroatoms. The first-order chi connectivity index (χ1) is 19.8. The van der Waals surface area contributed by atoms with E-state index in [0.29, 0.717) is 27.9 Å². The standard InChI is InChI=1S/C31H37Cl2N3O5S/c1-21(2)18-34-31(38)28(16-23-9-7-6-8-10-23)35(19-24-12-13-25(32)17-26(24)33)30(37)20-36(42(5,39)40)27-15-22(3)11-14-29(27)41-4/h6-15,17,21,28H,16,18-20H2,1-5H3,(H,34,38)/t28-/m1/s1. The van der Waals surface area contributed by atoms with E-state index < -0.39 is 28.5 Å². The van der Waals surface area contributed by atoms with Gasteiger partial charge in [-0.3, -0.25) is 13.9 Å². The molecule has 0 aliphatic rings. The van der Waals surface area contributed by atoms with Crippen LogP contribution in [0.3, 0.4) is 0 Å². The molecule has 0 aliphatic carbocycles. The fourth-order valence-corrected chi connectivity index (χ4v) is 5.71. The van der Waals surface area contributed by atoms with Crippen molar-refractivity contribution in [2.45, 2.75) is 39.8 Å². The normalized spacial score (nSPS) is 12.1. The van der Waals surface area contributed by atoms with Crippen LogP contribution >= 0.6 is 23.2 Å². The number of nitrogens with one attached hydrogen (secondary N) is 1. The van der Waals surface area contributed by atoms with Crippen LogP contribution in [0.5, 0.6) is 5.75 Å². The first-order valence-corrected chi connectivity index (χ1v) is 16.1. The van der Waals surface area contributed by atoms with Crippen molar-refractivity contribution >= 4 is 50.7 Å². The maximum atomic E-state index is 14.2. The zero-order chi connectivity index (χ0) is 31.0. The van der Waals surface area contributed by atoms with Gasteiger partial charge in [0.2, 0.25) is 21.8 Å². The molecule has 3 aromatic rings. The number of hydrogen-bond acceptors (Lipinski definition) is 5. The number of amides is 2. The lowest BCUT2D eigenvalue weighted by atomic mass is 10.0. The summed E-state index contributed by atoms with van der Waals surface area (Å²) in [4.78, 5) is 29.3. The van der Waals surface area contributed by atoms with Gasteiger partial charge in [-0.2, -0.15) is 0 Å². The Hall–Kier alpha value is -3.27. The van der Waals surface area contributed by atoms with Crippen molar-refractivity contribution in [3.05, 3.63) is 93.5 Å². The second kappa shape index (κ2) is 14.8. The molecule has 0 aromatic heterocycles. The number of ether oxygens (including phenoxy) is 1. The third-order valence-electron chi connectivity index (χ3n) is 6.59. The lowest BCUT2D eigenvalue weighted by Gasteiger charge is -2.34. The molecule has 8 nitrogen and oxygen atoms in total. The summed E-state index contributed by atoms with van der Waals surface area (Å²) >= 11 is 12.6. The predicted octanol–water partition coefficient (Wildman–Crippen LogP) is 5.49. The van der Waals surface area contributed by atoms with E-state index in [1.165, 1.54) is 12.0 Å². The minimum absolute atomic E-state index is 0.0516. The summed E-state index contributed by atoms with van der Waals surface area (Å²) in [6.07, 6.45) is 1.23. The maximum Gasteiger partial charge on any atom is 0.244 e. The van der Waals surface area contributed by atoms with Gasteiger partial charge in [-0.15, -0.1) is 0 Å². The summed E-state index contributed by atoms with van der Waals surface area (Å²) in [5, 5.41) is 3.69. The highest BCUT2D eigenvalue weighted by Crippen LogP contribution is 2.32. The molecular weight excluding hydrogens is 597 g/mol. The van der Waals surface area contributed by atoms with Crippen LogP contribution in [0.1, 0.15) is 30.5 Å². The number of aryl methyl sites for hydroxylation is 1.